The molecule has 1 rings (SSSR count). The highest BCUT2D eigenvalue weighted by Crippen LogP contribution is 2.07. The first-order valence-electron chi connectivity index (χ1n) is 4.61. The normalized spacial score (nSPS) is 10.7. The molecule has 76 valence electrons. The lowest BCUT2D eigenvalue weighted by molar-refractivity contribution is -0.715. The highest BCUT2D eigenvalue weighted by atomic mass is 127. The average Bonchev–Trinajstić information content (AvgIpc) is 2.30. The molecule has 0 saturated heterocycles. The second-order valence-electron chi connectivity index (χ2n) is 3.93. The zero-order chi connectivity index (χ0) is 9.30. The quantitative estimate of drug-likeness (QED) is 0.501. The minimum Gasteiger partial charge on any atom is -1.00 e. The number of rotatable bonds is 2. The molecule has 0 aromatic carbocycles. The van der Waals surface area contributed by atoms with Gasteiger partial charge in [-0.3, -0.25) is 0 Å². The molecule has 0 spiro atoms. The summed E-state index contributed by atoms with van der Waals surface area (Å²) in [6, 6.07) is 1.12. The standard InChI is InChI=1S/C10H19N2.HI/c1-8(2)11-6-10(5)12(7-11)9(3)4;/h6-9H,1-5H3;1H/q+1;/p-1. The van der Waals surface area contributed by atoms with E-state index in [-0.39, 0.29) is 24.0 Å². The Hall–Kier alpha value is -0.0600. The van der Waals surface area contributed by atoms with Gasteiger partial charge in [-0.25, -0.2) is 9.13 Å². The summed E-state index contributed by atoms with van der Waals surface area (Å²) >= 11 is 0. The van der Waals surface area contributed by atoms with Crippen LogP contribution >= 0.6 is 0 Å². The van der Waals surface area contributed by atoms with Gasteiger partial charge in [0.05, 0.1) is 12.1 Å². The van der Waals surface area contributed by atoms with E-state index in [0.29, 0.717) is 12.1 Å². The molecular weight excluding hydrogens is 275 g/mol. The van der Waals surface area contributed by atoms with Crippen LogP contribution in [0.15, 0.2) is 12.5 Å². The Morgan fingerprint density at radius 3 is 2.00 bits per heavy atom. The zero-order valence-electron chi connectivity index (χ0n) is 9.08. The number of halogens is 1. The van der Waals surface area contributed by atoms with Gasteiger partial charge < -0.3 is 24.0 Å². The summed E-state index contributed by atoms with van der Waals surface area (Å²) in [7, 11) is 0. The van der Waals surface area contributed by atoms with E-state index in [1.807, 2.05) is 0 Å². The Bertz CT molecular complexity index is 264. The summed E-state index contributed by atoms with van der Waals surface area (Å²) in [5, 5.41) is 0. The molecule has 0 saturated carbocycles. The number of hydrogen-bond donors (Lipinski definition) is 0. The van der Waals surface area contributed by atoms with Crippen molar-refractivity contribution in [2.45, 2.75) is 46.7 Å². The van der Waals surface area contributed by atoms with E-state index in [2.05, 4.69) is 56.3 Å². The van der Waals surface area contributed by atoms with Crippen LogP contribution in [0.2, 0.25) is 0 Å². The molecule has 0 bridgehead atoms. The van der Waals surface area contributed by atoms with Crippen LogP contribution < -0.4 is 28.5 Å². The topological polar surface area (TPSA) is 8.81 Å². The van der Waals surface area contributed by atoms with Gasteiger partial charge >= 0.3 is 0 Å². The van der Waals surface area contributed by atoms with E-state index in [4.69, 9.17) is 0 Å². The van der Waals surface area contributed by atoms with E-state index in [0.717, 1.165) is 0 Å². The molecule has 0 fully saturated rings. The molecule has 1 heterocycles. The predicted octanol–water partition coefficient (Wildman–Crippen LogP) is -0.750. The summed E-state index contributed by atoms with van der Waals surface area (Å²) < 4.78 is 4.54. The molecular formula is C10H19IN2. The second-order valence-corrected chi connectivity index (χ2v) is 3.93. The van der Waals surface area contributed by atoms with Crippen LogP contribution in [-0.2, 0) is 0 Å². The van der Waals surface area contributed by atoms with Gasteiger partial charge in [-0.2, -0.15) is 0 Å². The maximum Gasteiger partial charge on any atom is 0.244 e. The van der Waals surface area contributed by atoms with Gasteiger partial charge in [-0.1, -0.05) is 0 Å². The van der Waals surface area contributed by atoms with E-state index >= 15 is 0 Å². The molecule has 2 nitrogen and oxygen atoms in total. The number of nitrogens with zero attached hydrogens (tertiary/aromatic N) is 2. The van der Waals surface area contributed by atoms with Crippen molar-refractivity contribution < 1.29 is 28.5 Å². The van der Waals surface area contributed by atoms with Crippen LogP contribution in [0.25, 0.3) is 0 Å². The first-order chi connectivity index (χ1) is 5.52. The molecule has 1 aromatic rings. The Morgan fingerprint density at radius 2 is 1.77 bits per heavy atom. The van der Waals surface area contributed by atoms with E-state index in [9.17, 15) is 0 Å². The molecule has 0 aliphatic rings. The lowest BCUT2D eigenvalue weighted by Crippen LogP contribution is -3.00. The fraction of sp³-hybridized carbons (Fsp3) is 0.700. The SMILES string of the molecule is Cc1c[n+](C(C)C)cn1C(C)C.[I-]. The number of hydrogen-bond acceptors (Lipinski definition) is 0. The smallest absolute Gasteiger partial charge is 0.244 e. The highest BCUT2D eigenvalue weighted by molar-refractivity contribution is 4.90. The van der Waals surface area contributed by atoms with Crippen LogP contribution in [0.5, 0.6) is 0 Å². The highest BCUT2D eigenvalue weighted by Gasteiger charge is 2.13. The van der Waals surface area contributed by atoms with Crippen molar-refractivity contribution in [2.24, 2.45) is 0 Å². The van der Waals surface area contributed by atoms with Crippen LogP contribution in [0, 0.1) is 6.92 Å². The average molecular weight is 294 g/mol. The Morgan fingerprint density at radius 1 is 1.23 bits per heavy atom. The van der Waals surface area contributed by atoms with Gasteiger partial charge in [0.25, 0.3) is 0 Å². The Kier molecular flexibility index (Phi) is 4.96. The van der Waals surface area contributed by atoms with Gasteiger partial charge in [-0.15, -0.1) is 0 Å². The van der Waals surface area contributed by atoms with Crippen LogP contribution in [0.3, 0.4) is 0 Å². The summed E-state index contributed by atoms with van der Waals surface area (Å²) in [6.45, 7) is 11.0. The molecule has 13 heavy (non-hydrogen) atoms. The summed E-state index contributed by atoms with van der Waals surface area (Å²) in [5.41, 5.74) is 1.33. The Labute approximate surface area is 98.0 Å². The predicted molar refractivity (Wildman–Crippen MR) is 50.1 cm³/mol. The van der Waals surface area contributed by atoms with Crippen LogP contribution in [0.4, 0.5) is 0 Å². The molecule has 0 unspecified atom stereocenters. The lowest BCUT2D eigenvalue weighted by Gasteiger charge is -2.01. The van der Waals surface area contributed by atoms with Crippen molar-refractivity contribution in [2.75, 3.05) is 0 Å². The maximum atomic E-state index is 2.29. The van der Waals surface area contributed by atoms with Crippen molar-refractivity contribution in [3.63, 3.8) is 0 Å². The van der Waals surface area contributed by atoms with Crippen molar-refractivity contribution in [3.05, 3.63) is 18.2 Å². The van der Waals surface area contributed by atoms with Gasteiger partial charge in [0.1, 0.15) is 11.9 Å². The molecule has 0 radical (unpaired) electrons. The molecule has 0 aliphatic carbocycles. The maximum absolute atomic E-state index is 2.29. The molecule has 0 amide bonds. The summed E-state index contributed by atoms with van der Waals surface area (Å²) in [4.78, 5) is 0. The molecule has 3 heteroatoms. The minimum atomic E-state index is 0. The molecule has 0 aliphatic heterocycles. The largest absolute Gasteiger partial charge is 1.00 e. The van der Waals surface area contributed by atoms with Gasteiger partial charge in [0.15, 0.2) is 0 Å². The molecule has 1 aromatic heterocycles. The van der Waals surface area contributed by atoms with E-state index in [1.54, 1.807) is 0 Å². The van der Waals surface area contributed by atoms with Crippen LogP contribution in [-0.4, -0.2) is 4.57 Å². The summed E-state index contributed by atoms with van der Waals surface area (Å²) in [5.74, 6) is 0. The number of aryl methyl sites for hydroxylation is 1. The fourth-order valence-corrected chi connectivity index (χ4v) is 1.37. The van der Waals surface area contributed by atoms with Gasteiger partial charge in [0, 0.05) is 6.92 Å². The van der Waals surface area contributed by atoms with Gasteiger partial charge in [-0.05, 0) is 27.7 Å². The second kappa shape index (κ2) is 4.98. The van der Waals surface area contributed by atoms with Crippen molar-refractivity contribution in [3.8, 4) is 0 Å². The van der Waals surface area contributed by atoms with Gasteiger partial charge in [0.2, 0.25) is 6.33 Å². The zero-order valence-corrected chi connectivity index (χ0v) is 11.2. The lowest BCUT2D eigenvalue weighted by atomic mass is 10.4. The van der Waals surface area contributed by atoms with Crippen molar-refractivity contribution >= 4 is 0 Å². The Balaban J connectivity index is 0.00000144. The fourth-order valence-electron chi connectivity index (χ4n) is 1.37. The van der Waals surface area contributed by atoms with Crippen LogP contribution in [0.1, 0.15) is 45.5 Å². The number of imidazole rings is 1. The number of aromatic nitrogens is 2. The third-order valence-electron chi connectivity index (χ3n) is 2.15. The first kappa shape index (κ1) is 12.9. The van der Waals surface area contributed by atoms with E-state index in [1.165, 1.54) is 5.69 Å². The third-order valence-corrected chi connectivity index (χ3v) is 2.15. The molecule has 0 N–H and O–H groups in total. The third kappa shape index (κ3) is 2.97. The van der Waals surface area contributed by atoms with Crippen molar-refractivity contribution in [1.29, 1.82) is 0 Å². The molecule has 0 atom stereocenters. The van der Waals surface area contributed by atoms with Crippen molar-refractivity contribution in [1.82, 2.24) is 4.57 Å². The monoisotopic (exact) mass is 294 g/mol. The summed E-state index contributed by atoms with van der Waals surface area (Å²) in [6.07, 6.45) is 4.38. The first-order valence-corrected chi connectivity index (χ1v) is 4.61. The van der Waals surface area contributed by atoms with E-state index < -0.39 is 0 Å². The minimum absolute atomic E-state index is 0.